The van der Waals surface area contributed by atoms with Crippen molar-refractivity contribution in [2.24, 2.45) is 0 Å². The molecule has 0 saturated heterocycles. The van der Waals surface area contributed by atoms with E-state index in [0.29, 0.717) is 0 Å². The predicted octanol–water partition coefficient (Wildman–Crippen LogP) is 3.39. The highest BCUT2D eigenvalue weighted by Gasteiger charge is 2.10. The zero-order valence-corrected chi connectivity index (χ0v) is 7.58. The minimum atomic E-state index is 0.902. The summed E-state index contributed by atoms with van der Waals surface area (Å²) in [6.45, 7) is 3.88. The van der Waals surface area contributed by atoms with Gasteiger partial charge in [-0.25, -0.2) is 0 Å². The third kappa shape index (κ3) is 0.909. The van der Waals surface area contributed by atoms with E-state index in [1.54, 1.807) is 6.26 Å². The highest BCUT2D eigenvalue weighted by atomic mass is 16.3. The first-order valence-corrected chi connectivity index (χ1v) is 4.49. The predicted molar refractivity (Wildman–Crippen MR) is 58.0 cm³/mol. The van der Waals surface area contributed by atoms with E-state index in [0.717, 1.165) is 22.4 Å². The van der Waals surface area contributed by atoms with Crippen LogP contribution >= 0.6 is 0 Å². The van der Waals surface area contributed by atoms with Gasteiger partial charge in [-0.2, -0.15) is 0 Å². The third-order valence-corrected chi connectivity index (χ3v) is 2.42. The fraction of sp³-hybridized carbons (Fsp3) is 0. The van der Waals surface area contributed by atoms with Crippen LogP contribution in [-0.2, 0) is 0 Å². The number of benzene rings is 1. The van der Waals surface area contributed by atoms with E-state index < -0.39 is 0 Å². The molecule has 2 heteroatoms. The number of hydrogen-bond acceptors (Lipinski definition) is 2. The summed E-state index contributed by atoms with van der Waals surface area (Å²) in [6, 6.07) is 5.99. The van der Waals surface area contributed by atoms with Gasteiger partial charge in [0, 0.05) is 11.1 Å². The van der Waals surface area contributed by atoms with Crippen LogP contribution in [0.2, 0.25) is 0 Å². The Labute approximate surface area is 81.5 Å². The molecule has 0 unspecified atom stereocenters. The summed E-state index contributed by atoms with van der Waals surface area (Å²) < 4.78 is 5.33. The first kappa shape index (κ1) is 7.44. The standard InChI is InChI=1S/C12H9NO/c1-8-2-3-9-4-5-11-10(6-7-14-11)12(9)13-8/h2-7,13H,1H2. The first-order chi connectivity index (χ1) is 6.84. The zero-order valence-electron chi connectivity index (χ0n) is 7.58. The molecule has 1 aromatic heterocycles. The van der Waals surface area contributed by atoms with E-state index in [4.69, 9.17) is 4.42 Å². The summed E-state index contributed by atoms with van der Waals surface area (Å²) in [5.41, 5.74) is 4.07. The SMILES string of the molecule is C=C1C=Cc2ccc3occc3c2N1. The number of furan rings is 1. The molecule has 0 fully saturated rings. The summed E-state index contributed by atoms with van der Waals surface area (Å²) in [5, 5.41) is 4.35. The number of rotatable bonds is 0. The molecule has 2 nitrogen and oxygen atoms in total. The molecule has 0 saturated carbocycles. The maximum absolute atomic E-state index is 5.33. The Hall–Kier alpha value is -1.96. The fourth-order valence-corrected chi connectivity index (χ4v) is 1.73. The lowest BCUT2D eigenvalue weighted by Gasteiger charge is -2.15. The van der Waals surface area contributed by atoms with Gasteiger partial charge in [-0.3, -0.25) is 0 Å². The van der Waals surface area contributed by atoms with Crippen LogP contribution in [0.15, 0.2) is 47.2 Å². The van der Waals surface area contributed by atoms with Crippen molar-refractivity contribution >= 4 is 22.7 Å². The molecule has 0 spiro atoms. The molecule has 3 rings (SSSR count). The van der Waals surface area contributed by atoms with E-state index in [9.17, 15) is 0 Å². The molecule has 2 heterocycles. The largest absolute Gasteiger partial charge is 0.464 e. The highest BCUT2D eigenvalue weighted by Crippen LogP contribution is 2.32. The number of fused-ring (bicyclic) bond motifs is 3. The van der Waals surface area contributed by atoms with Crippen molar-refractivity contribution in [2.75, 3.05) is 5.32 Å². The average molecular weight is 183 g/mol. The maximum atomic E-state index is 5.33. The molecule has 0 atom stereocenters. The van der Waals surface area contributed by atoms with Gasteiger partial charge in [0.25, 0.3) is 0 Å². The summed E-state index contributed by atoms with van der Waals surface area (Å²) in [7, 11) is 0. The monoisotopic (exact) mass is 183 g/mol. The van der Waals surface area contributed by atoms with Gasteiger partial charge < -0.3 is 9.73 Å². The van der Waals surface area contributed by atoms with E-state index >= 15 is 0 Å². The van der Waals surface area contributed by atoms with Crippen molar-refractivity contribution in [3.8, 4) is 0 Å². The van der Waals surface area contributed by atoms with Gasteiger partial charge in [-0.1, -0.05) is 12.7 Å². The zero-order chi connectivity index (χ0) is 9.54. The maximum Gasteiger partial charge on any atom is 0.135 e. The number of nitrogens with one attached hydrogen (secondary N) is 1. The Morgan fingerprint density at radius 1 is 1.14 bits per heavy atom. The van der Waals surface area contributed by atoms with Gasteiger partial charge in [0.15, 0.2) is 0 Å². The molecule has 0 amide bonds. The van der Waals surface area contributed by atoms with Gasteiger partial charge in [0.05, 0.1) is 12.0 Å². The van der Waals surface area contributed by atoms with Crippen LogP contribution in [0.25, 0.3) is 17.0 Å². The lowest BCUT2D eigenvalue weighted by atomic mass is 10.1. The van der Waals surface area contributed by atoms with E-state index in [-0.39, 0.29) is 0 Å². The van der Waals surface area contributed by atoms with E-state index in [2.05, 4.69) is 18.0 Å². The Kier molecular flexibility index (Phi) is 1.34. The summed E-state index contributed by atoms with van der Waals surface area (Å²) >= 11 is 0. The van der Waals surface area contributed by atoms with Crippen LogP contribution in [0.3, 0.4) is 0 Å². The Bertz CT molecular complexity index is 548. The third-order valence-electron chi connectivity index (χ3n) is 2.42. The summed E-state index contributed by atoms with van der Waals surface area (Å²) in [4.78, 5) is 0. The van der Waals surface area contributed by atoms with Crippen LogP contribution in [0, 0.1) is 0 Å². The molecule has 1 aliphatic rings. The first-order valence-electron chi connectivity index (χ1n) is 4.49. The molecule has 1 aliphatic heterocycles. The minimum absolute atomic E-state index is 0.902. The van der Waals surface area contributed by atoms with Crippen molar-refractivity contribution in [1.29, 1.82) is 0 Å². The van der Waals surface area contributed by atoms with Crippen molar-refractivity contribution in [1.82, 2.24) is 0 Å². The van der Waals surface area contributed by atoms with Crippen molar-refractivity contribution in [3.05, 3.63) is 48.4 Å². The second-order valence-electron chi connectivity index (χ2n) is 3.35. The van der Waals surface area contributed by atoms with Gasteiger partial charge in [-0.15, -0.1) is 0 Å². The summed E-state index contributed by atoms with van der Waals surface area (Å²) in [6.07, 6.45) is 5.72. The second-order valence-corrected chi connectivity index (χ2v) is 3.35. The molecule has 1 N–H and O–H groups in total. The van der Waals surface area contributed by atoms with Crippen molar-refractivity contribution in [3.63, 3.8) is 0 Å². The average Bonchev–Trinajstić information content (AvgIpc) is 2.65. The lowest BCUT2D eigenvalue weighted by molar-refractivity contribution is 0.616. The van der Waals surface area contributed by atoms with E-state index in [1.165, 1.54) is 5.56 Å². The molecular formula is C12H9NO. The van der Waals surface area contributed by atoms with Gasteiger partial charge in [0.1, 0.15) is 5.58 Å². The summed E-state index contributed by atoms with van der Waals surface area (Å²) in [5.74, 6) is 0. The van der Waals surface area contributed by atoms with Crippen LogP contribution in [0.4, 0.5) is 5.69 Å². The molecule has 14 heavy (non-hydrogen) atoms. The van der Waals surface area contributed by atoms with Crippen LogP contribution < -0.4 is 5.32 Å². The smallest absolute Gasteiger partial charge is 0.135 e. The number of hydrogen-bond donors (Lipinski definition) is 1. The minimum Gasteiger partial charge on any atom is -0.464 e. The Balaban J connectivity index is 2.39. The van der Waals surface area contributed by atoms with Gasteiger partial charge >= 0.3 is 0 Å². The highest BCUT2D eigenvalue weighted by molar-refractivity contribution is 5.97. The fourth-order valence-electron chi connectivity index (χ4n) is 1.73. The van der Waals surface area contributed by atoms with Gasteiger partial charge in [-0.05, 0) is 29.8 Å². The Morgan fingerprint density at radius 2 is 2.07 bits per heavy atom. The van der Waals surface area contributed by atoms with Gasteiger partial charge in [0.2, 0.25) is 0 Å². The quantitative estimate of drug-likeness (QED) is 0.677. The van der Waals surface area contributed by atoms with Crippen LogP contribution in [0.1, 0.15) is 5.56 Å². The molecule has 68 valence electrons. The van der Waals surface area contributed by atoms with Crippen LogP contribution in [-0.4, -0.2) is 0 Å². The van der Waals surface area contributed by atoms with Crippen molar-refractivity contribution < 1.29 is 4.42 Å². The van der Waals surface area contributed by atoms with Crippen LogP contribution in [0.5, 0.6) is 0 Å². The number of allylic oxidation sites excluding steroid dienone is 1. The Morgan fingerprint density at radius 3 is 3.00 bits per heavy atom. The molecule has 2 aromatic rings. The molecule has 0 aliphatic carbocycles. The second kappa shape index (κ2) is 2.51. The molecule has 1 aromatic carbocycles. The van der Waals surface area contributed by atoms with E-state index in [1.807, 2.05) is 24.3 Å². The lowest BCUT2D eigenvalue weighted by Crippen LogP contribution is -2.01. The molecular weight excluding hydrogens is 174 g/mol. The number of anilines is 1. The molecule has 0 radical (unpaired) electrons. The van der Waals surface area contributed by atoms with Crippen molar-refractivity contribution in [2.45, 2.75) is 0 Å². The normalized spacial score (nSPS) is 14.1. The molecule has 0 bridgehead atoms. The topological polar surface area (TPSA) is 25.2 Å².